The monoisotopic (exact) mass is 291 g/mol. The van der Waals surface area contributed by atoms with E-state index < -0.39 is 0 Å². The van der Waals surface area contributed by atoms with Gasteiger partial charge in [0.05, 0.1) is 5.56 Å². The summed E-state index contributed by atoms with van der Waals surface area (Å²) in [5.41, 5.74) is 1.11. The molecule has 1 aromatic heterocycles. The Kier molecular flexibility index (Phi) is 4.88. The number of anilines is 2. The highest BCUT2D eigenvalue weighted by Gasteiger charge is 2.20. The highest BCUT2D eigenvalue weighted by Crippen LogP contribution is 2.29. The van der Waals surface area contributed by atoms with E-state index in [4.69, 9.17) is 19.4 Å². The molecule has 5 nitrogen and oxygen atoms in total. The second kappa shape index (κ2) is 6.46. The van der Waals surface area contributed by atoms with Crippen LogP contribution in [0.5, 0.6) is 0 Å². The summed E-state index contributed by atoms with van der Waals surface area (Å²) >= 11 is 5.97. The molecule has 0 saturated carbocycles. The minimum Gasteiger partial charge on any atom is -0.372 e. The number of hydrogen-bond donors (Lipinski definition) is 2. The number of nitrogens with zero attached hydrogens (tertiary/aromatic N) is 3. The molecule has 106 valence electrons. The average Bonchev–Trinajstić information content (AvgIpc) is 2.40. The Hall–Kier alpha value is -1.27. The number of hydrogen-bond acceptors (Lipinski definition) is 5. The number of likely N-dealkylation sites (tertiary alicyclic amines) is 1. The molecule has 2 N–H and O–H groups in total. The van der Waals surface area contributed by atoms with E-state index in [-0.39, 0.29) is 5.28 Å². The van der Waals surface area contributed by atoms with Gasteiger partial charge in [-0.25, -0.2) is 9.97 Å². The molecule has 0 amide bonds. The lowest BCUT2D eigenvalue weighted by atomic mass is 9.90. The summed E-state index contributed by atoms with van der Waals surface area (Å²) in [6.45, 7) is 5.92. The van der Waals surface area contributed by atoms with Crippen LogP contribution in [-0.4, -0.2) is 55.9 Å². The minimum absolute atomic E-state index is 0.190. The van der Waals surface area contributed by atoms with Crippen LogP contribution in [0, 0.1) is 0 Å². The van der Waals surface area contributed by atoms with E-state index in [0.29, 0.717) is 28.7 Å². The van der Waals surface area contributed by atoms with Crippen molar-refractivity contribution in [3.05, 3.63) is 17.4 Å². The van der Waals surface area contributed by atoms with Crippen molar-refractivity contribution in [2.75, 3.05) is 37.8 Å². The van der Waals surface area contributed by atoms with Gasteiger partial charge in [-0.2, -0.15) is 0 Å². The Morgan fingerprint density at radius 2 is 1.95 bits per heavy atom. The van der Waals surface area contributed by atoms with Crippen LogP contribution in [0.25, 0.3) is 5.47 Å². The van der Waals surface area contributed by atoms with Gasteiger partial charge in [0.1, 0.15) is 19.5 Å². The Morgan fingerprint density at radius 3 is 2.50 bits per heavy atom. The number of aromatic nitrogens is 2. The molecule has 0 spiro atoms. The van der Waals surface area contributed by atoms with E-state index >= 15 is 0 Å². The molecule has 1 fully saturated rings. The molecule has 2 radical (unpaired) electrons. The van der Waals surface area contributed by atoms with Gasteiger partial charge in [0.25, 0.3) is 0 Å². The van der Waals surface area contributed by atoms with E-state index in [2.05, 4.69) is 39.1 Å². The first kappa shape index (κ1) is 15.1. The van der Waals surface area contributed by atoms with Crippen molar-refractivity contribution in [1.82, 2.24) is 14.9 Å². The van der Waals surface area contributed by atoms with E-state index in [1.807, 2.05) is 0 Å². The topological polar surface area (TPSA) is 53.1 Å². The standard InChI is InChI=1S/C13H19BClN5/c1-8(14)10-11(16-2)18-13(15)19-12(10)17-9-4-6-20(3)7-5-9/h9H,1,4-7H2,2-3H3,(H2,16,17,18,19). The summed E-state index contributed by atoms with van der Waals surface area (Å²) in [5, 5.41) is 6.59. The van der Waals surface area contributed by atoms with E-state index in [1.165, 1.54) is 0 Å². The fourth-order valence-electron chi connectivity index (χ4n) is 2.37. The molecule has 2 rings (SSSR count). The zero-order valence-corrected chi connectivity index (χ0v) is 12.7. The van der Waals surface area contributed by atoms with Gasteiger partial charge in [-0.3, -0.25) is 0 Å². The average molecular weight is 292 g/mol. The molecule has 7 heteroatoms. The largest absolute Gasteiger partial charge is 0.372 e. The van der Waals surface area contributed by atoms with Gasteiger partial charge in [0, 0.05) is 13.1 Å². The van der Waals surface area contributed by atoms with Crippen molar-refractivity contribution in [3.63, 3.8) is 0 Å². The molecule has 1 aromatic rings. The minimum atomic E-state index is 0.190. The fraction of sp³-hybridized carbons (Fsp3) is 0.538. The Morgan fingerprint density at radius 1 is 1.35 bits per heavy atom. The van der Waals surface area contributed by atoms with Crippen LogP contribution < -0.4 is 10.6 Å². The fourth-order valence-corrected chi connectivity index (χ4v) is 2.54. The number of nitrogens with one attached hydrogen (secondary N) is 2. The normalized spacial score (nSPS) is 16.9. The smallest absolute Gasteiger partial charge is 0.226 e. The van der Waals surface area contributed by atoms with Crippen LogP contribution in [0.3, 0.4) is 0 Å². The van der Waals surface area contributed by atoms with Crippen LogP contribution in [0.1, 0.15) is 18.4 Å². The Balaban J connectivity index is 2.26. The van der Waals surface area contributed by atoms with Crippen molar-refractivity contribution in [1.29, 1.82) is 0 Å². The van der Waals surface area contributed by atoms with Crippen molar-refractivity contribution >= 4 is 36.6 Å². The zero-order chi connectivity index (χ0) is 14.7. The van der Waals surface area contributed by atoms with Crippen LogP contribution in [0.15, 0.2) is 6.58 Å². The molecule has 0 unspecified atom stereocenters. The molecule has 0 atom stereocenters. The number of rotatable bonds is 4. The van der Waals surface area contributed by atoms with Gasteiger partial charge in [-0.15, -0.1) is 6.58 Å². The summed E-state index contributed by atoms with van der Waals surface area (Å²) in [6, 6.07) is 0.361. The molecule has 0 aliphatic carbocycles. The van der Waals surface area contributed by atoms with Gasteiger partial charge in [0.2, 0.25) is 5.28 Å². The molecule has 1 saturated heterocycles. The maximum Gasteiger partial charge on any atom is 0.226 e. The maximum absolute atomic E-state index is 5.97. The molecular weight excluding hydrogens is 272 g/mol. The maximum atomic E-state index is 5.97. The first-order valence-electron chi connectivity index (χ1n) is 6.66. The third-order valence-corrected chi connectivity index (χ3v) is 3.67. The molecule has 1 aliphatic heterocycles. The lowest BCUT2D eigenvalue weighted by Crippen LogP contribution is -2.37. The highest BCUT2D eigenvalue weighted by molar-refractivity contribution is 6.43. The third kappa shape index (κ3) is 3.43. The molecule has 20 heavy (non-hydrogen) atoms. The summed E-state index contributed by atoms with van der Waals surface area (Å²) < 4.78 is 0. The molecule has 2 heterocycles. The number of halogens is 1. The Labute approximate surface area is 126 Å². The Bertz CT molecular complexity index is 500. The second-order valence-electron chi connectivity index (χ2n) is 5.06. The van der Waals surface area contributed by atoms with E-state index in [0.717, 1.165) is 25.9 Å². The second-order valence-corrected chi connectivity index (χ2v) is 5.40. The van der Waals surface area contributed by atoms with Gasteiger partial charge in [0.15, 0.2) is 0 Å². The SMILES string of the molecule is [B]C(=C)c1c(NC)nc(Cl)nc1NC1CCN(C)CC1. The predicted molar refractivity (Wildman–Crippen MR) is 85.5 cm³/mol. The first-order chi connectivity index (χ1) is 9.51. The number of piperidine rings is 1. The van der Waals surface area contributed by atoms with E-state index in [1.54, 1.807) is 7.05 Å². The van der Waals surface area contributed by atoms with Gasteiger partial charge >= 0.3 is 0 Å². The van der Waals surface area contributed by atoms with E-state index in [9.17, 15) is 0 Å². The molecule has 0 aromatic carbocycles. The lowest BCUT2D eigenvalue weighted by Gasteiger charge is -2.30. The lowest BCUT2D eigenvalue weighted by molar-refractivity contribution is 0.263. The quantitative estimate of drug-likeness (QED) is 0.655. The van der Waals surface area contributed by atoms with Crippen molar-refractivity contribution < 1.29 is 0 Å². The molecule has 1 aliphatic rings. The molecular formula is C13H19BClN5. The van der Waals surface area contributed by atoms with Crippen LogP contribution in [0.4, 0.5) is 11.6 Å². The summed E-state index contributed by atoms with van der Waals surface area (Å²) in [5.74, 6) is 1.24. The molecule has 0 bridgehead atoms. The van der Waals surface area contributed by atoms with Gasteiger partial charge in [-0.1, -0.05) is 5.47 Å². The summed E-state index contributed by atoms with van der Waals surface area (Å²) in [4.78, 5) is 10.7. The van der Waals surface area contributed by atoms with Gasteiger partial charge < -0.3 is 15.5 Å². The summed E-state index contributed by atoms with van der Waals surface area (Å²) in [7, 11) is 9.76. The van der Waals surface area contributed by atoms with Gasteiger partial charge in [-0.05, 0) is 44.6 Å². The highest BCUT2D eigenvalue weighted by atomic mass is 35.5. The van der Waals surface area contributed by atoms with Crippen LogP contribution in [-0.2, 0) is 0 Å². The summed E-state index contributed by atoms with van der Waals surface area (Å²) in [6.07, 6.45) is 2.12. The van der Waals surface area contributed by atoms with Crippen LogP contribution >= 0.6 is 11.6 Å². The van der Waals surface area contributed by atoms with Crippen LogP contribution in [0.2, 0.25) is 5.28 Å². The van der Waals surface area contributed by atoms with Crippen molar-refractivity contribution in [3.8, 4) is 0 Å². The zero-order valence-electron chi connectivity index (χ0n) is 11.9. The van der Waals surface area contributed by atoms with Crippen molar-refractivity contribution in [2.45, 2.75) is 18.9 Å². The first-order valence-corrected chi connectivity index (χ1v) is 7.04. The third-order valence-electron chi connectivity index (χ3n) is 3.50. The van der Waals surface area contributed by atoms with Crippen molar-refractivity contribution in [2.24, 2.45) is 0 Å². The predicted octanol–water partition coefficient (Wildman–Crippen LogP) is 1.82.